The Morgan fingerprint density at radius 1 is 1.00 bits per heavy atom. The highest BCUT2D eigenvalue weighted by Gasteiger charge is 2.18. The summed E-state index contributed by atoms with van der Waals surface area (Å²) in [5, 5.41) is 4.11. The Hall–Kier alpha value is -2.78. The zero-order valence-electron chi connectivity index (χ0n) is 19.3. The number of anilines is 3. The fourth-order valence-corrected chi connectivity index (χ4v) is 5.11. The van der Waals surface area contributed by atoms with Crippen LogP contribution < -0.4 is 15.0 Å². The zero-order chi connectivity index (χ0) is 22.6. The quantitative estimate of drug-likeness (QED) is 0.570. The van der Waals surface area contributed by atoms with Gasteiger partial charge in [0.05, 0.1) is 22.5 Å². The average molecular weight is 466 g/mol. The van der Waals surface area contributed by atoms with Gasteiger partial charge in [0, 0.05) is 38.1 Å². The van der Waals surface area contributed by atoms with Crippen molar-refractivity contribution in [1.29, 1.82) is 0 Å². The minimum atomic E-state index is 0.229. The molecule has 0 spiro atoms. The van der Waals surface area contributed by atoms with Gasteiger partial charge < -0.3 is 19.9 Å². The number of nitrogens with one attached hydrogen (secondary N) is 1. The summed E-state index contributed by atoms with van der Waals surface area (Å²) in [6.07, 6.45) is 9.91. The maximum absolute atomic E-state index is 6.10. The van der Waals surface area contributed by atoms with Gasteiger partial charge in [0.2, 0.25) is 0 Å². The molecule has 4 heterocycles. The lowest BCUT2D eigenvalue weighted by Gasteiger charge is -2.33. The van der Waals surface area contributed by atoms with Gasteiger partial charge in [-0.3, -0.25) is 0 Å². The first-order valence-electron chi connectivity index (χ1n) is 11.8. The molecule has 9 heteroatoms. The number of hydrogen-bond acceptors (Lipinski definition) is 9. The van der Waals surface area contributed by atoms with Crippen molar-refractivity contribution in [2.45, 2.75) is 45.1 Å². The summed E-state index contributed by atoms with van der Waals surface area (Å²) in [7, 11) is 2.16. The first kappa shape index (κ1) is 22.0. The smallest absolute Gasteiger partial charge is 0.317 e. The number of piperazine rings is 1. The van der Waals surface area contributed by atoms with Crippen molar-refractivity contribution in [3.05, 3.63) is 36.3 Å². The average Bonchev–Trinajstić information content (AvgIpc) is 3.29. The van der Waals surface area contributed by atoms with Crippen molar-refractivity contribution < 1.29 is 4.74 Å². The first-order chi connectivity index (χ1) is 16.1. The molecule has 0 amide bonds. The standard InChI is InChI=1S/C24H31N7OS/c1-17-14-20(28-23(27-17)32-19-6-4-3-5-7-19)21-16-26-24(33-21)29-22-9-8-18(15-25-22)31-12-10-30(2)11-13-31/h8-9,14-16,19H,3-7,10-13H2,1-2H3,(H,25,26,29). The number of thiazole rings is 1. The van der Waals surface area contributed by atoms with E-state index in [1.165, 1.54) is 19.3 Å². The van der Waals surface area contributed by atoms with Crippen LogP contribution in [0.25, 0.3) is 10.6 Å². The fourth-order valence-electron chi connectivity index (χ4n) is 4.32. The number of nitrogens with zero attached hydrogens (tertiary/aromatic N) is 6. The molecule has 0 bridgehead atoms. The number of hydrogen-bond donors (Lipinski definition) is 1. The second-order valence-electron chi connectivity index (χ2n) is 8.90. The third-order valence-corrected chi connectivity index (χ3v) is 7.20. The van der Waals surface area contributed by atoms with Crippen molar-refractivity contribution in [2.75, 3.05) is 43.4 Å². The first-order valence-corrected chi connectivity index (χ1v) is 12.6. The van der Waals surface area contributed by atoms with Gasteiger partial charge in [-0.2, -0.15) is 4.98 Å². The van der Waals surface area contributed by atoms with Crippen molar-refractivity contribution >= 4 is 28.0 Å². The van der Waals surface area contributed by atoms with E-state index in [4.69, 9.17) is 4.74 Å². The second kappa shape index (κ2) is 10.0. The summed E-state index contributed by atoms with van der Waals surface area (Å²) < 4.78 is 6.10. The van der Waals surface area contributed by atoms with E-state index in [0.717, 1.165) is 71.9 Å². The molecule has 1 aliphatic heterocycles. The molecule has 1 N–H and O–H groups in total. The van der Waals surface area contributed by atoms with E-state index in [9.17, 15) is 0 Å². The Morgan fingerprint density at radius 3 is 2.58 bits per heavy atom. The molecule has 0 radical (unpaired) electrons. The van der Waals surface area contributed by atoms with Crippen LogP contribution >= 0.6 is 11.3 Å². The zero-order valence-corrected chi connectivity index (χ0v) is 20.1. The second-order valence-corrected chi connectivity index (χ2v) is 9.93. The van der Waals surface area contributed by atoms with Crippen molar-refractivity contribution in [3.63, 3.8) is 0 Å². The summed E-state index contributed by atoms with van der Waals surface area (Å²) >= 11 is 1.55. The van der Waals surface area contributed by atoms with Gasteiger partial charge in [-0.25, -0.2) is 15.0 Å². The molecule has 0 unspecified atom stereocenters. The van der Waals surface area contributed by atoms with Gasteiger partial charge in [-0.05, 0) is 57.9 Å². The van der Waals surface area contributed by atoms with E-state index in [1.54, 1.807) is 11.3 Å². The predicted octanol–water partition coefficient (Wildman–Crippen LogP) is 4.51. The number of likely N-dealkylation sites (N-methyl/N-ethyl adjacent to an activating group) is 1. The van der Waals surface area contributed by atoms with Gasteiger partial charge in [-0.15, -0.1) is 0 Å². The molecular formula is C24H31N7OS. The van der Waals surface area contributed by atoms with E-state index in [-0.39, 0.29) is 6.10 Å². The molecule has 1 saturated heterocycles. The number of ether oxygens (including phenoxy) is 1. The number of rotatable bonds is 6. The van der Waals surface area contributed by atoms with E-state index in [0.29, 0.717) is 6.01 Å². The molecule has 2 fully saturated rings. The highest BCUT2D eigenvalue weighted by Crippen LogP contribution is 2.31. The Bertz CT molecular complexity index is 1060. The Balaban J connectivity index is 1.24. The summed E-state index contributed by atoms with van der Waals surface area (Å²) in [5.41, 5.74) is 2.91. The summed E-state index contributed by atoms with van der Waals surface area (Å²) in [5.74, 6) is 0.786. The van der Waals surface area contributed by atoms with Gasteiger partial charge in [0.1, 0.15) is 11.9 Å². The van der Waals surface area contributed by atoms with Crippen LogP contribution in [-0.2, 0) is 0 Å². The molecule has 5 rings (SSSR count). The van der Waals surface area contributed by atoms with Crippen LogP contribution in [0.3, 0.4) is 0 Å². The molecule has 8 nitrogen and oxygen atoms in total. The molecule has 0 atom stereocenters. The summed E-state index contributed by atoms with van der Waals surface area (Å²) in [6, 6.07) is 6.59. The van der Waals surface area contributed by atoms with Crippen LogP contribution in [0, 0.1) is 6.92 Å². The molecule has 1 aliphatic carbocycles. The van der Waals surface area contributed by atoms with Crippen LogP contribution in [0.4, 0.5) is 16.6 Å². The number of aryl methyl sites for hydroxylation is 1. The molecule has 2 aliphatic rings. The Kier molecular flexibility index (Phi) is 6.68. The third kappa shape index (κ3) is 5.59. The lowest BCUT2D eigenvalue weighted by atomic mass is 9.98. The van der Waals surface area contributed by atoms with Crippen LogP contribution in [0.15, 0.2) is 30.6 Å². The largest absolute Gasteiger partial charge is 0.460 e. The van der Waals surface area contributed by atoms with Crippen LogP contribution in [-0.4, -0.2) is 64.2 Å². The Morgan fingerprint density at radius 2 is 1.82 bits per heavy atom. The van der Waals surface area contributed by atoms with Gasteiger partial charge in [-0.1, -0.05) is 17.8 Å². The maximum atomic E-state index is 6.10. The van der Waals surface area contributed by atoms with E-state index >= 15 is 0 Å². The number of aromatic nitrogens is 4. The normalized spacial score (nSPS) is 17.8. The van der Waals surface area contributed by atoms with Gasteiger partial charge in [0.25, 0.3) is 0 Å². The molecule has 174 valence electrons. The highest BCUT2D eigenvalue weighted by atomic mass is 32.1. The summed E-state index contributed by atoms with van der Waals surface area (Å²) in [4.78, 5) is 24.0. The van der Waals surface area contributed by atoms with Crippen molar-refractivity contribution in [3.8, 4) is 16.6 Å². The SMILES string of the molecule is Cc1cc(-c2cnc(Nc3ccc(N4CCN(C)CC4)cn3)s2)nc(OC2CCCCC2)n1. The monoisotopic (exact) mass is 465 g/mol. The van der Waals surface area contributed by atoms with Crippen LogP contribution in [0.5, 0.6) is 6.01 Å². The van der Waals surface area contributed by atoms with E-state index in [2.05, 4.69) is 48.2 Å². The fraction of sp³-hybridized carbons (Fsp3) is 0.500. The van der Waals surface area contributed by atoms with Crippen molar-refractivity contribution in [1.82, 2.24) is 24.8 Å². The molecule has 3 aromatic rings. The minimum absolute atomic E-state index is 0.229. The topological polar surface area (TPSA) is 79.3 Å². The maximum Gasteiger partial charge on any atom is 0.317 e. The molecule has 3 aromatic heterocycles. The predicted molar refractivity (Wildman–Crippen MR) is 133 cm³/mol. The molecule has 0 aromatic carbocycles. The third-order valence-electron chi connectivity index (χ3n) is 6.27. The van der Waals surface area contributed by atoms with E-state index in [1.807, 2.05) is 31.5 Å². The van der Waals surface area contributed by atoms with Gasteiger partial charge >= 0.3 is 6.01 Å². The van der Waals surface area contributed by atoms with Gasteiger partial charge in [0.15, 0.2) is 5.13 Å². The number of pyridine rings is 1. The van der Waals surface area contributed by atoms with Crippen molar-refractivity contribution in [2.24, 2.45) is 0 Å². The molecular weight excluding hydrogens is 434 g/mol. The lowest BCUT2D eigenvalue weighted by molar-refractivity contribution is 0.142. The Labute approximate surface area is 199 Å². The minimum Gasteiger partial charge on any atom is -0.460 e. The van der Waals surface area contributed by atoms with Crippen LogP contribution in [0.1, 0.15) is 37.8 Å². The molecule has 1 saturated carbocycles. The van der Waals surface area contributed by atoms with Crippen LogP contribution in [0.2, 0.25) is 0 Å². The molecule has 33 heavy (non-hydrogen) atoms. The highest BCUT2D eigenvalue weighted by molar-refractivity contribution is 7.18. The lowest BCUT2D eigenvalue weighted by Crippen LogP contribution is -2.44. The van der Waals surface area contributed by atoms with E-state index < -0.39 is 0 Å². The summed E-state index contributed by atoms with van der Waals surface area (Å²) in [6.45, 7) is 6.21.